The van der Waals surface area contributed by atoms with E-state index in [-0.39, 0.29) is 34.2 Å². The number of aromatic nitrogens is 4. The first-order valence-corrected chi connectivity index (χ1v) is 8.25. The number of imidazole rings is 1. The zero-order valence-electron chi connectivity index (χ0n) is 14.7. The number of nitrogens with two attached hydrogens (primary N) is 1. The Morgan fingerprint density at radius 3 is 2.61 bits per heavy atom. The number of fused-ring (bicyclic) bond motifs is 1. The molecule has 4 N–H and O–H groups in total. The Hall–Kier alpha value is -4.14. The Kier molecular flexibility index (Phi) is 4.04. The third kappa shape index (κ3) is 2.75. The van der Waals surface area contributed by atoms with E-state index in [0.717, 1.165) is 0 Å². The molecule has 28 heavy (non-hydrogen) atoms. The zero-order chi connectivity index (χ0) is 19.8. The van der Waals surface area contributed by atoms with Gasteiger partial charge < -0.3 is 20.6 Å². The highest BCUT2D eigenvalue weighted by Crippen LogP contribution is 2.31. The maximum atomic E-state index is 12.5. The summed E-state index contributed by atoms with van der Waals surface area (Å²) >= 11 is 0. The molecule has 0 radical (unpaired) electrons. The van der Waals surface area contributed by atoms with E-state index in [2.05, 4.69) is 15.0 Å². The number of rotatable bonds is 4. The van der Waals surface area contributed by atoms with Gasteiger partial charge in [-0.05, 0) is 30.3 Å². The Bertz CT molecular complexity index is 1260. The van der Waals surface area contributed by atoms with Crippen LogP contribution in [0.2, 0.25) is 0 Å². The Balaban J connectivity index is 2.04. The van der Waals surface area contributed by atoms with Crippen molar-refractivity contribution >= 4 is 17.1 Å². The number of nitrogens with one attached hydrogen (secondary N) is 1. The minimum atomic E-state index is -0.805. The molecule has 9 nitrogen and oxygen atoms in total. The number of methoxy groups -OCH3 is 1. The average Bonchev–Trinajstić information content (AvgIpc) is 3.03. The number of aromatic amines is 1. The lowest BCUT2D eigenvalue weighted by molar-refractivity contribution is 0.0997. The van der Waals surface area contributed by atoms with E-state index in [0.29, 0.717) is 11.3 Å². The van der Waals surface area contributed by atoms with Gasteiger partial charge in [-0.2, -0.15) is 0 Å². The molecule has 4 aromatic rings. The number of phenols is 1. The van der Waals surface area contributed by atoms with Gasteiger partial charge in [0.05, 0.1) is 12.8 Å². The first kappa shape index (κ1) is 17.3. The maximum Gasteiger partial charge on any atom is 0.332 e. The van der Waals surface area contributed by atoms with Gasteiger partial charge in [0.15, 0.2) is 28.7 Å². The lowest BCUT2D eigenvalue weighted by atomic mass is 10.2. The number of para-hydroxylation sites is 1. The summed E-state index contributed by atoms with van der Waals surface area (Å²) < 4.78 is 6.45. The second-order valence-electron chi connectivity index (χ2n) is 5.95. The van der Waals surface area contributed by atoms with Crippen molar-refractivity contribution in [3.8, 4) is 28.6 Å². The summed E-state index contributed by atoms with van der Waals surface area (Å²) in [6.07, 6.45) is 0. The summed E-state index contributed by atoms with van der Waals surface area (Å²) in [5, 5.41) is 9.80. The molecule has 0 spiro atoms. The summed E-state index contributed by atoms with van der Waals surface area (Å²) in [4.78, 5) is 35.8. The lowest BCUT2D eigenvalue weighted by Gasteiger charge is -2.08. The molecule has 4 rings (SSSR count). The number of nitrogens with zero attached hydrogens (tertiary/aromatic N) is 3. The predicted octanol–water partition coefficient (Wildman–Crippen LogP) is 1.59. The van der Waals surface area contributed by atoms with E-state index >= 15 is 0 Å². The largest absolute Gasteiger partial charge is 0.504 e. The zero-order valence-corrected chi connectivity index (χ0v) is 14.7. The molecule has 0 aliphatic rings. The maximum absolute atomic E-state index is 12.5. The van der Waals surface area contributed by atoms with E-state index in [9.17, 15) is 14.7 Å². The molecule has 1 amide bonds. The number of hydrogen-bond donors (Lipinski definition) is 3. The number of hydrogen-bond acceptors (Lipinski definition) is 6. The second kappa shape index (κ2) is 6.54. The van der Waals surface area contributed by atoms with Gasteiger partial charge in [0.1, 0.15) is 5.52 Å². The topological polar surface area (TPSA) is 136 Å². The van der Waals surface area contributed by atoms with Crippen LogP contribution in [0.15, 0.2) is 53.3 Å². The molecule has 0 atom stereocenters. The number of H-pyrrole nitrogens is 1. The molecule has 0 aliphatic carbocycles. The summed E-state index contributed by atoms with van der Waals surface area (Å²) in [5.41, 5.74) is 6.30. The average molecular weight is 377 g/mol. The van der Waals surface area contributed by atoms with E-state index in [4.69, 9.17) is 10.5 Å². The lowest BCUT2D eigenvalue weighted by Crippen LogP contribution is -2.15. The molecule has 0 unspecified atom stereocenters. The SMILES string of the molecule is COc1cc(-c2nc(C(N)=O)c3[nH]c(=O)n(-c4ccccc4)c3n2)ccc1O. The van der Waals surface area contributed by atoms with Crippen LogP contribution in [0.1, 0.15) is 10.5 Å². The standard InChI is InChI=1S/C19H15N5O4/c1-28-13-9-10(7-8-12(13)25)17-21-14(16(20)26)15-18(23-17)24(19(27)22-15)11-5-3-2-4-6-11/h2-9,25H,1H3,(H2,20,26)(H,22,27). The molecule has 2 heterocycles. The van der Waals surface area contributed by atoms with Crippen molar-refractivity contribution in [2.45, 2.75) is 0 Å². The van der Waals surface area contributed by atoms with Gasteiger partial charge in [0, 0.05) is 5.56 Å². The van der Waals surface area contributed by atoms with Gasteiger partial charge in [-0.3, -0.25) is 4.79 Å². The van der Waals surface area contributed by atoms with E-state index < -0.39 is 11.6 Å². The highest BCUT2D eigenvalue weighted by Gasteiger charge is 2.20. The molecule has 2 aromatic carbocycles. The van der Waals surface area contributed by atoms with Crippen molar-refractivity contribution in [2.24, 2.45) is 5.73 Å². The molecule has 0 bridgehead atoms. The number of aromatic hydroxyl groups is 1. The Morgan fingerprint density at radius 2 is 1.93 bits per heavy atom. The molecule has 0 aliphatic heterocycles. The molecule has 0 saturated carbocycles. The van der Waals surface area contributed by atoms with Gasteiger partial charge in [-0.25, -0.2) is 19.3 Å². The van der Waals surface area contributed by atoms with Crippen LogP contribution in [0.3, 0.4) is 0 Å². The van der Waals surface area contributed by atoms with Gasteiger partial charge in [-0.1, -0.05) is 18.2 Å². The highest BCUT2D eigenvalue weighted by molar-refractivity contribution is 6.02. The normalized spacial score (nSPS) is 10.9. The fraction of sp³-hybridized carbons (Fsp3) is 0.0526. The van der Waals surface area contributed by atoms with Gasteiger partial charge in [0.25, 0.3) is 5.91 Å². The van der Waals surface area contributed by atoms with Crippen molar-refractivity contribution in [3.05, 3.63) is 64.7 Å². The van der Waals surface area contributed by atoms with Crippen LogP contribution in [-0.2, 0) is 0 Å². The molecular weight excluding hydrogens is 362 g/mol. The van der Waals surface area contributed by atoms with Crippen molar-refractivity contribution in [1.82, 2.24) is 19.5 Å². The van der Waals surface area contributed by atoms with E-state index in [1.807, 2.05) is 6.07 Å². The van der Waals surface area contributed by atoms with Crippen LogP contribution in [0.25, 0.3) is 28.2 Å². The second-order valence-corrected chi connectivity index (χ2v) is 5.95. The highest BCUT2D eigenvalue weighted by atomic mass is 16.5. The van der Waals surface area contributed by atoms with E-state index in [1.165, 1.54) is 23.8 Å². The van der Waals surface area contributed by atoms with Crippen molar-refractivity contribution in [1.29, 1.82) is 0 Å². The fourth-order valence-corrected chi connectivity index (χ4v) is 2.93. The molecule has 0 saturated heterocycles. The van der Waals surface area contributed by atoms with Gasteiger partial charge in [-0.15, -0.1) is 0 Å². The summed E-state index contributed by atoms with van der Waals surface area (Å²) in [7, 11) is 1.41. The smallest absolute Gasteiger partial charge is 0.332 e. The fourth-order valence-electron chi connectivity index (χ4n) is 2.93. The van der Waals surface area contributed by atoms with Crippen molar-refractivity contribution < 1.29 is 14.6 Å². The number of carbonyl (C=O) groups excluding carboxylic acids is 1. The van der Waals surface area contributed by atoms with Crippen molar-refractivity contribution in [3.63, 3.8) is 0 Å². The van der Waals surface area contributed by atoms with E-state index in [1.54, 1.807) is 30.3 Å². The van der Waals surface area contributed by atoms with Gasteiger partial charge in [0.2, 0.25) is 0 Å². The number of primary amides is 1. The number of benzene rings is 2. The summed E-state index contributed by atoms with van der Waals surface area (Å²) in [5.74, 6) is -0.481. The molecule has 9 heteroatoms. The van der Waals surface area contributed by atoms with Crippen LogP contribution in [0, 0.1) is 0 Å². The minimum Gasteiger partial charge on any atom is -0.504 e. The monoisotopic (exact) mass is 377 g/mol. The third-order valence-corrected chi connectivity index (χ3v) is 4.22. The van der Waals surface area contributed by atoms with Crippen LogP contribution in [-0.4, -0.2) is 37.6 Å². The summed E-state index contributed by atoms with van der Waals surface area (Å²) in [6, 6.07) is 13.4. The van der Waals surface area contributed by atoms with Crippen LogP contribution >= 0.6 is 0 Å². The number of carbonyl (C=O) groups is 1. The van der Waals surface area contributed by atoms with Crippen LogP contribution in [0.4, 0.5) is 0 Å². The predicted molar refractivity (Wildman–Crippen MR) is 102 cm³/mol. The number of phenolic OH excluding ortho intramolecular Hbond substituents is 1. The molecule has 2 aromatic heterocycles. The Morgan fingerprint density at radius 1 is 1.18 bits per heavy atom. The molecular formula is C19H15N5O4. The quantitative estimate of drug-likeness (QED) is 0.494. The van der Waals surface area contributed by atoms with Crippen molar-refractivity contribution in [2.75, 3.05) is 7.11 Å². The number of amides is 1. The third-order valence-electron chi connectivity index (χ3n) is 4.22. The van der Waals surface area contributed by atoms with Crippen LogP contribution < -0.4 is 16.2 Å². The summed E-state index contributed by atoms with van der Waals surface area (Å²) in [6.45, 7) is 0. The Labute approximate surface area is 158 Å². The molecule has 0 fully saturated rings. The van der Waals surface area contributed by atoms with Crippen LogP contribution in [0.5, 0.6) is 11.5 Å². The molecule has 140 valence electrons. The van der Waals surface area contributed by atoms with Gasteiger partial charge >= 0.3 is 5.69 Å². The first-order chi connectivity index (χ1) is 13.5. The first-order valence-electron chi connectivity index (χ1n) is 8.25. The minimum absolute atomic E-state index is 0.0507. The number of ether oxygens (including phenoxy) is 1.